The van der Waals surface area contributed by atoms with E-state index in [0.717, 1.165) is 34.0 Å². The summed E-state index contributed by atoms with van der Waals surface area (Å²) in [5, 5.41) is 24.7. The summed E-state index contributed by atoms with van der Waals surface area (Å²) in [4.78, 5) is 36.3. The highest BCUT2D eigenvalue weighted by atomic mass is 32.1. The van der Waals surface area contributed by atoms with Gasteiger partial charge in [-0.3, -0.25) is 14.0 Å². The molecule has 0 radical (unpaired) electrons. The lowest BCUT2D eigenvalue weighted by atomic mass is 10.1. The second-order valence-electron chi connectivity index (χ2n) is 6.59. The van der Waals surface area contributed by atoms with Crippen molar-refractivity contribution in [1.29, 1.82) is 0 Å². The molecule has 3 rings (SSSR count). The highest BCUT2D eigenvalue weighted by molar-refractivity contribution is 7.18. The van der Waals surface area contributed by atoms with E-state index in [4.69, 9.17) is 17.4 Å². The highest BCUT2D eigenvalue weighted by Crippen LogP contribution is 2.29. The van der Waals surface area contributed by atoms with Crippen molar-refractivity contribution in [2.45, 2.75) is 20.1 Å². The number of thiazole rings is 1. The Kier molecular flexibility index (Phi) is 7.01. The van der Waals surface area contributed by atoms with Crippen molar-refractivity contribution in [1.82, 2.24) is 9.36 Å². The molecule has 32 heavy (non-hydrogen) atoms. The number of amides is 1. The molecule has 11 nitrogen and oxygen atoms in total. The molecule has 13 heteroatoms. The minimum Gasteiger partial charge on any atom is -0.392 e. The fourth-order valence-electron chi connectivity index (χ4n) is 2.80. The van der Waals surface area contributed by atoms with E-state index in [0.29, 0.717) is 26.4 Å². The number of anilines is 3. The summed E-state index contributed by atoms with van der Waals surface area (Å²) in [6.45, 7) is 10.1. The number of carbonyl (C=O) groups excluding carboxylic acids is 1. The lowest BCUT2D eigenvalue weighted by Crippen LogP contribution is -2.25. The van der Waals surface area contributed by atoms with Crippen LogP contribution in [0.15, 0.2) is 28.1 Å². The number of aromatic amines is 1. The average molecular weight is 474 g/mol. The van der Waals surface area contributed by atoms with Gasteiger partial charge in [0, 0.05) is 5.69 Å². The van der Waals surface area contributed by atoms with Crippen LogP contribution >= 0.6 is 22.9 Å². The second kappa shape index (κ2) is 9.71. The molecule has 0 bridgehead atoms. The number of H-pyrrole nitrogens is 1. The van der Waals surface area contributed by atoms with Crippen LogP contribution in [0, 0.1) is 20.4 Å². The minimum atomic E-state index is -1.45. The zero-order chi connectivity index (χ0) is 23.4. The van der Waals surface area contributed by atoms with Crippen molar-refractivity contribution in [2.24, 2.45) is 10.7 Å². The standard InChI is InChI=1S/C19H19N7O4S2/c1-8-4-10(21-3)5-9(2)14(8)24-16(29)11-6-22-19(31-11)25-18-13(17(30)26-32-18)15(20)23-12(28)7-27/h4-6,12,27-28H,7H2,1-2H3,(H2,20,23)(H,22,25)(H,24,29)(H,26,30). The van der Waals surface area contributed by atoms with E-state index in [-0.39, 0.29) is 17.3 Å². The zero-order valence-corrected chi connectivity index (χ0v) is 18.6. The molecule has 7 N–H and O–H groups in total. The summed E-state index contributed by atoms with van der Waals surface area (Å²) in [5.41, 5.74) is 7.93. The Bertz CT molecular complexity index is 1260. The largest absolute Gasteiger partial charge is 0.392 e. The van der Waals surface area contributed by atoms with Gasteiger partial charge in [-0.2, -0.15) is 0 Å². The number of aromatic nitrogens is 2. The minimum absolute atomic E-state index is 0.00477. The highest BCUT2D eigenvalue weighted by Gasteiger charge is 2.19. The third kappa shape index (κ3) is 5.01. The smallest absolute Gasteiger partial charge is 0.271 e. The predicted octanol–water partition coefficient (Wildman–Crippen LogP) is 2.07. The molecule has 0 saturated heterocycles. The van der Waals surface area contributed by atoms with Crippen molar-refractivity contribution in [2.75, 3.05) is 17.2 Å². The van der Waals surface area contributed by atoms with Gasteiger partial charge < -0.3 is 26.6 Å². The molecule has 0 aliphatic carbocycles. The summed E-state index contributed by atoms with van der Waals surface area (Å²) >= 11 is 2.01. The predicted molar refractivity (Wildman–Crippen MR) is 124 cm³/mol. The molecule has 166 valence electrons. The fourth-order valence-corrected chi connectivity index (χ4v) is 4.33. The van der Waals surface area contributed by atoms with Crippen LogP contribution in [0.5, 0.6) is 0 Å². The maximum Gasteiger partial charge on any atom is 0.271 e. The van der Waals surface area contributed by atoms with Crippen molar-refractivity contribution >= 4 is 56.1 Å². The number of hydrogen-bond acceptors (Lipinski definition) is 9. The van der Waals surface area contributed by atoms with E-state index in [1.165, 1.54) is 6.20 Å². The van der Waals surface area contributed by atoms with Gasteiger partial charge in [-0.25, -0.2) is 14.8 Å². The lowest BCUT2D eigenvalue weighted by Gasteiger charge is -2.11. The Morgan fingerprint density at radius 2 is 2.09 bits per heavy atom. The average Bonchev–Trinajstić information content (AvgIpc) is 3.37. The van der Waals surface area contributed by atoms with E-state index < -0.39 is 18.4 Å². The number of nitrogens with two attached hydrogens (primary N) is 1. The van der Waals surface area contributed by atoms with Crippen molar-refractivity contribution in [3.63, 3.8) is 0 Å². The molecule has 0 saturated carbocycles. The SMILES string of the molecule is [C-]#[N+]c1cc(C)c(NC(=O)c2cnc(Nc3s[nH]c(=O)c3/C(N)=N/C(O)CO)s2)c(C)c1. The first-order valence-electron chi connectivity index (χ1n) is 9.10. The lowest BCUT2D eigenvalue weighted by molar-refractivity contribution is 0.102. The molecular formula is C19H19N7O4S2. The van der Waals surface area contributed by atoms with E-state index in [2.05, 4.69) is 29.8 Å². The number of rotatable bonds is 7. The van der Waals surface area contributed by atoms with Crippen LogP contribution in [0.1, 0.15) is 26.4 Å². The van der Waals surface area contributed by atoms with Gasteiger partial charge in [0.1, 0.15) is 21.3 Å². The number of nitrogens with zero attached hydrogens (tertiary/aromatic N) is 3. The van der Waals surface area contributed by atoms with Crippen LogP contribution in [0.2, 0.25) is 0 Å². The third-order valence-corrected chi connectivity index (χ3v) is 5.95. The molecule has 0 aliphatic heterocycles. The second-order valence-corrected chi connectivity index (χ2v) is 8.44. The number of hydrogen-bond donors (Lipinski definition) is 6. The monoisotopic (exact) mass is 473 g/mol. The summed E-state index contributed by atoms with van der Waals surface area (Å²) in [6, 6.07) is 3.40. The Labute approximate surface area is 190 Å². The maximum atomic E-state index is 12.7. The van der Waals surface area contributed by atoms with Crippen LogP contribution in [-0.2, 0) is 0 Å². The van der Waals surface area contributed by atoms with Gasteiger partial charge in [-0.15, -0.1) is 0 Å². The van der Waals surface area contributed by atoms with Gasteiger partial charge in [-0.1, -0.05) is 23.5 Å². The number of aryl methyl sites for hydroxylation is 2. The van der Waals surface area contributed by atoms with Crippen molar-refractivity contribution in [3.05, 3.63) is 61.7 Å². The number of aliphatic imine (C=N–C) groups is 1. The van der Waals surface area contributed by atoms with E-state index in [9.17, 15) is 14.7 Å². The first-order chi connectivity index (χ1) is 15.2. The Morgan fingerprint density at radius 1 is 1.41 bits per heavy atom. The number of nitrogens with one attached hydrogen (secondary N) is 3. The van der Waals surface area contributed by atoms with Crippen molar-refractivity contribution < 1.29 is 15.0 Å². The number of amidine groups is 1. The molecule has 2 heterocycles. The fraction of sp³-hybridized carbons (Fsp3) is 0.211. The van der Waals surface area contributed by atoms with E-state index >= 15 is 0 Å². The van der Waals surface area contributed by atoms with Gasteiger partial charge in [0.2, 0.25) is 0 Å². The van der Waals surface area contributed by atoms with Crippen LogP contribution in [0.25, 0.3) is 4.85 Å². The van der Waals surface area contributed by atoms with Crippen LogP contribution in [0.3, 0.4) is 0 Å². The van der Waals surface area contributed by atoms with Crippen molar-refractivity contribution in [3.8, 4) is 0 Å². The Hall–Kier alpha value is -3.57. The van der Waals surface area contributed by atoms with Gasteiger partial charge in [0.05, 0.1) is 19.4 Å². The van der Waals surface area contributed by atoms with Crippen LogP contribution in [0.4, 0.5) is 21.5 Å². The first-order valence-corrected chi connectivity index (χ1v) is 10.7. The molecule has 0 aliphatic rings. The first kappa shape index (κ1) is 23.1. The number of carbonyl (C=O) groups is 1. The third-order valence-electron chi connectivity index (χ3n) is 4.24. The van der Waals surface area contributed by atoms with Gasteiger partial charge >= 0.3 is 0 Å². The molecule has 2 aromatic heterocycles. The molecule has 0 fully saturated rings. The Morgan fingerprint density at radius 3 is 2.72 bits per heavy atom. The molecule has 1 amide bonds. The number of aliphatic hydroxyl groups is 2. The summed E-state index contributed by atoms with van der Waals surface area (Å²) in [5.74, 6) is -0.619. The summed E-state index contributed by atoms with van der Waals surface area (Å²) in [7, 11) is 0. The quantitative estimate of drug-likeness (QED) is 0.173. The molecule has 1 aromatic carbocycles. The van der Waals surface area contributed by atoms with Crippen LogP contribution in [-0.4, -0.2) is 44.1 Å². The summed E-state index contributed by atoms with van der Waals surface area (Å²) < 4.78 is 2.51. The molecule has 1 unspecified atom stereocenters. The van der Waals surface area contributed by atoms with E-state index in [1.54, 1.807) is 12.1 Å². The van der Waals surface area contributed by atoms with Gasteiger partial charge in [0.15, 0.2) is 17.0 Å². The van der Waals surface area contributed by atoms with E-state index in [1.807, 2.05) is 13.8 Å². The Balaban J connectivity index is 1.80. The van der Waals surface area contributed by atoms with Gasteiger partial charge in [0.25, 0.3) is 11.5 Å². The number of aliphatic hydroxyl groups excluding tert-OH is 2. The molecule has 1 atom stereocenters. The summed E-state index contributed by atoms with van der Waals surface area (Å²) in [6.07, 6.45) is -0.0594. The zero-order valence-electron chi connectivity index (χ0n) is 17.0. The molecular weight excluding hydrogens is 454 g/mol. The van der Waals surface area contributed by atoms with Gasteiger partial charge in [-0.05, 0) is 36.5 Å². The maximum absolute atomic E-state index is 12.7. The van der Waals surface area contributed by atoms with Crippen LogP contribution < -0.4 is 21.9 Å². The molecule has 3 aromatic rings. The topological polar surface area (TPSA) is 170 Å². The molecule has 0 spiro atoms. The normalized spacial score (nSPS) is 12.3. The number of benzene rings is 1.